The zero-order chi connectivity index (χ0) is 13.5. The van der Waals surface area contributed by atoms with Gasteiger partial charge in [0.1, 0.15) is 0 Å². The van der Waals surface area contributed by atoms with Crippen molar-refractivity contribution in [3.63, 3.8) is 0 Å². The van der Waals surface area contributed by atoms with E-state index >= 15 is 0 Å². The Morgan fingerprint density at radius 3 is 2.21 bits per heavy atom. The molecule has 1 atom stereocenters. The van der Waals surface area contributed by atoms with Crippen LogP contribution >= 0.6 is 0 Å². The van der Waals surface area contributed by atoms with Crippen molar-refractivity contribution in [2.24, 2.45) is 4.99 Å². The summed E-state index contributed by atoms with van der Waals surface area (Å²) in [5, 5.41) is 9.20. The van der Waals surface area contributed by atoms with Crippen LogP contribution < -0.4 is 0 Å². The predicted octanol–water partition coefficient (Wildman–Crippen LogP) is 2.80. The van der Waals surface area contributed by atoms with Crippen LogP contribution in [0.2, 0.25) is 0 Å². The lowest BCUT2D eigenvalue weighted by Gasteiger charge is -2.07. The fourth-order valence-corrected chi connectivity index (χ4v) is 1.76. The zero-order valence-electron chi connectivity index (χ0n) is 10.4. The SMILES string of the molecule is O=C(O)C(Cc1ccccc1)N=Cc1ccccc1. The minimum absolute atomic E-state index is 0.402. The summed E-state index contributed by atoms with van der Waals surface area (Å²) in [4.78, 5) is 15.4. The van der Waals surface area contributed by atoms with E-state index in [1.165, 1.54) is 0 Å². The fraction of sp³-hybridized carbons (Fsp3) is 0.125. The summed E-state index contributed by atoms with van der Waals surface area (Å²) in [5.74, 6) is -0.906. The normalized spacial score (nSPS) is 12.4. The van der Waals surface area contributed by atoms with Crippen molar-refractivity contribution in [3.8, 4) is 0 Å². The molecule has 3 nitrogen and oxygen atoms in total. The van der Waals surface area contributed by atoms with Crippen LogP contribution in [0, 0.1) is 0 Å². The molecule has 0 bridgehead atoms. The van der Waals surface area contributed by atoms with Gasteiger partial charge in [0.2, 0.25) is 0 Å². The van der Waals surface area contributed by atoms with E-state index < -0.39 is 12.0 Å². The van der Waals surface area contributed by atoms with Gasteiger partial charge in [0.25, 0.3) is 0 Å². The van der Waals surface area contributed by atoms with E-state index in [9.17, 15) is 9.90 Å². The second-order valence-corrected chi connectivity index (χ2v) is 4.23. The van der Waals surface area contributed by atoms with Crippen molar-refractivity contribution in [1.29, 1.82) is 0 Å². The topological polar surface area (TPSA) is 49.7 Å². The second-order valence-electron chi connectivity index (χ2n) is 4.23. The molecule has 0 aliphatic heterocycles. The molecule has 0 aromatic heterocycles. The zero-order valence-corrected chi connectivity index (χ0v) is 10.4. The molecule has 0 spiro atoms. The van der Waals surface area contributed by atoms with E-state index in [0.717, 1.165) is 11.1 Å². The van der Waals surface area contributed by atoms with Crippen LogP contribution in [0.25, 0.3) is 0 Å². The van der Waals surface area contributed by atoms with Crippen LogP contribution in [0.3, 0.4) is 0 Å². The average Bonchev–Trinajstić information content (AvgIpc) is 2.45. The minimum atomic E-state index is -0.906. The summed E-state index contributed by atoms with van der Waals surface area (Å²) < 4.78 is 0. The molecule has 0 aliphatic carbocycles. The Labute approximate surface area is 112 Å². The number of carboxylic acid groups (broad SMARTS) is 1. The van der Waals surface area contributed by atoms with Crippen molar-refractivity contribution >= 4 is 12.2 Å². The molecule has 0 fully saturated rings. The van der Waals surface area contributed by atoms with Gasteiger partial charge >= 0.3 is 5.97 Å². The standard InChI is InChI=1S/C16H15NO2/c18-16(19)15(11-13-7-3-1-4-8-13)17-12-14-9-5-2-6-10-14/h1-10,12,15H,11H2,(H,18,19). The lowest BCUT2D eigenvalue weighted by atomic mass is 10.1. The highest BCUT2D eigenvalue weighted by Gasteiger charge is 2.15. The summed E-state index contributed by atoms with van der Waals surface area (Å²) in [7, 11) is 0. The van der Waals surface area contributed by atoms with Crippen LogP contribution in [0.1, 0.15) is 11.1 Å². The summed E-state index contributed by atoms with van der Waals surface area (Å²) in [5.41, 5.74) is 1.88. The molecule has 3 heteroatoms. The Morgan fingerprint density at radius 1 is 1.05 bits per heavy atom. The summed E-state index contributed by atoms with van der Waals surface area (Å²) in [6.07, 6.45) is 2.02. The van der Waals surface area contributed by atoms with Crippen molar-refractivity contribution in [2.45, 2.75) is 12.5 Å². The molecule has 0 amide bonds. The number of carboxylic acids is 1. The number of hydrogen-bond acceptors (Lipinski definition) is 2. The number of aliphatic carboxylic acids is 1. The van der Waals surface area contributed by atoms with Crippen molar-refractivity contribution in [1.82, 2.24) is 0 Å². The second kappa shape index (κ2) is 6.50. The number of aliphatic imine (C=N–C) groups is 1. The molecule has 2 rings (SSSR count). The molecule has 0 heterocycles. The van der Waals surface area contributed by atoms with Gasteiger partial charge in [-0.15, -0.1) is 0 Å². The molecular weight excluding hydrogens is 238 g/mol. The lowest BCUT2D eigenvalue weighted by Crippen LogP contribution is -2.20. The van der Waals surface area contributed by atoms with Crippen molar-refractivity contribution < 1.29 is 9.90 Å². The van der Waals surface area contributed by atoms with Gasteiger partial charge in [0.15, 0.2) is 6.04 Å². The van der Waals surface area contributed by atoms with Gasteiger partial charge in [0.05, 0.1) is 0 Å². The fourth-order valence-electron chi connectivity index (χ4n) is 1.76. The molecular formula is C16H15NO2. The molecule has 19 heavy (non-hydrogen) atoms. The van der Waals surface area contributed by atoms with Gasteiger partial charge < -0.3 is 5.11 Å². The first-order valence-corrected chi connectivity index (χ1v) is 6.10. The minimum Gasteiger partial charge on any atom is -0.480 e. The van der Waals surface area contributed by atoms with Crippen LogP contribution in [0.4, 0.5) is 0 Å². The van der Waals surface area contributed by atoms with Gasteiger partial charge in [-0.3, -0.25) is 4.99 Å². The first kappa shape index (κ1) is 13.0. The highest BCUT2D eigenvalue weighted by atomic mass is 16.4. The number of nitrogens with zero attached hydrogens (tertiary/aromatic N) is 1. The van der Waals surface area contributed by atoms with E-state index in [0.29, 0.717) is 6.42 Å². The Balaban J connectivity index is 2.09. The van der Waals surface area contributed by atoms with Crippen molar-refractivity contribution in [3.05, 3.63) is 71.8 Å². The number of benzene rings is 2. The number of carbonyl (C=O) groups is 1. The molecule has 1 N–H and O–H groups in total. The van der Waals surface area contributed by atoms with Gasteiger partial charge in [-0.1, -0.05) is 60.7 Å². The highest BCUT2D eigenvalue weighted by Crippen LogP contribution is 2.06. The van der Waals surface area contributed by atoms with E-state index in [-0.39, 0.29) is 0 Å². The van der Waals surface area contributed by atoms with Crippen LogP contribution in [0.5, 0.6) is 0 Å². The van der Waals surface area contributed by atoms with Crippen LogP contribution in [0.15, 0.2) is 65.7 Å². The van der Waals surface area contributed by atoms with E-state index in [1.807, 2.05) is 60.7 Å². The first-order valence-electron chi connectivity index (χ1n) is 6.10. The lowest BCUT2D eigenvalue weighted by molar-refractivity contribution is -0.138. The molecule has 2 aromatic rings. The smallest absolute Gasteiger partial charge is 0.328 e. The average molecular weight is 253 g/mol. The molecule has 0 aliphatic rings. The summed E-state index contributed by atoms with van der Waals surface area (Å²) in [6.45, 7) is 0. The third-order valence-electron chi connectivity index (χ3n) is 2.76. The van der Waals surface area contributed by atoms with Crippen molar-refractivity contribution in [2.75, 3.05) is 0 Å². The molecule has 2 aromatic carbocycles. The Hall–Kier alpha value is -2.42. The highest BCUT2D eigenvalue weighted by molar-refractivity contribution is 5.83. The largest absolute Gasteiger partial charge is 0.480 e. The third kappa shape index (κ3) is 4.07. The Bertz CT molecular complexity index is 549. The van der Waals surface area contributed by atoms with E-state index in [4.69, 9.17) is 0 Å². The number of rotatable bonds is 5. The van der Waals surface area contributed by atoms with Crippen LogP contribution in [-0.4, -0.2) is 23.3 Å². The Kier molecular flexibility index (Phi) is 4.45. The van der Waals surface area contributed by atoms with E-state index in [2.05, 4.69) is 4.99 Å². The van der Waals surface area contributed by atoms with Gasteiger partial charge in [-0.05, 0) is 11.1 Å². The maximum Gasteiger partial charge on any atom is 0.328 e. The Morgan fingerprint density at radius 2 is 1.63 bits per heavy atom. The van der Waals surface area contributed by atoms with Gasteiger partial charge in [0, 0.05) is 12.6 Å². The monoisotopic (exact) mass is 253 g/mol. The molecule has 0 saturated heterocycles. The predicted molar refractivity (Wildman–Crippen MR) is 75.6 cm³/mol. The maximum atomic E-state index is 11.2. The van der Waals surface area contributed by atoms with Gasteiger partial charge in [-0.25, -0.2) is 4.79 Å². The maximum absolute atomic E-state index is 11.2. The third-order valence-corrected chi connectivity index (χ3v) is 2.76. The molecule has 1 unspecified atom stereocenters. The quantitative estimate of drug-likeness (QED) is 0.833. The molecule has 0 radical (unpaired) electrons. The van der Waals surface area contributed by atoms with Gasteiger partial charge in [-0.2, -0.15) is 0 Å². The molecule has 96 valence electrons. The molecule has 0 saturated carbocycles. The summed E-state index contributed by atoms with van der Waals surface area (Å²) in [6, 6.07) is 18.3. The van der Waals surface area contributed by atoms with Crippen LogP contribution in [-0.2, 0) is 11.2 Å². The van der Waals surface area contributed by atoms with E-state index in [1.54, 1.807) is 6.21 Å². The summed E-state index contributed by atoms with van der Waals surface area (Å²) >= 11 is 0. The number of hydrogen-bond donors (Lipinski definition) is 1. The first-order chi connectivity index (χ1) is 9.25.